The van der Waals surface area contributed by atoms with Crippen LogP contribution in [0.3, 0.4) is 0 Å². The number of amides is 2. The zero-order valence-electron chi connectivity index (χ0n) is 18.1. The highest BCUT2D eigenvalue weighted by Gasteiger charge is 2.26. The SMILES string of the molecule is CCS(=O)(=O)N(C)c1nc(C(=O)NCc2ccc(F)cc2C(=O)NC)c(O)c2ncccc12. The number of fused-ring (bicyclic) bond motifs is 1. The van der Waals surface area contributed by atoms with Crippen LogP contribution in [-0.4, -0.2) is 55.2 Å². The molecule has 1 aromatic carbocycles. The number of pyridine rings is 2. The molecule has 10 nitrogen and oxygen atoms in total. The van der Waals surface area contributed by atoms with Gasteiger partial charge in [0.1, 0.15) is 11.3 Å². The quantitative estimate of drug-likeness (QED) is 0.471. The summed E-state index contributed by atoms with van der Waals surface area (Å²) in [7, 11) is -1.04. The number of halogens is 1. The second kappa shape index (κ2) is 9.36. The van der Waals surface area contributed by atoms with E-state index in [1.807, 2.05) is 0 Å². The van der Waals surface area contributed by atoms with Crippen LogP contribution < -0.4 is 14.9 Å². The minimum atomic E-state index is -3.73. The van der Waals surface area contributed by atoms with Crippen molar-refractivity contribution >= 4 is 38.6 Å². The van der Waals surface area contributed by atoms with Crippen LogP contribution in [-0.2, 0) is 16.6 Å². The smallest absolute Gasteiger partial charge is 0.274 e. The lowest BCUT2D eigenvalue weighted by molar-refractivity contribution is 0.0934. The molecule has 0 fully saturated rings. The number of benzene rings is 1. The van der Waals surface area contributed by atoms with Crippen LogP contribution in [0.4, 0.5) is 10.2 Å². The van der Waals surface area contributed by atoms with Crippen molar-refractivity contribution in [3.8, 4) is 5.75 Å². The van der Waals surface area contributed by atoms with Gasteiger partial charge in [-0.3, -0.25) is 18.9 Å². The highest BCUT2D eigenvalue weighted by molar-refractivity contribution is 7.92. The molecule has 2 amide bonds. The molecule has 2 heterocycles. The topological polar surface area (TPSA) is 142 Å². The zero-order valence-corrected chi connectivity index (χ0v) is 18.9. The molecule has 0 aliphatic heterocycles. The Labute approximate surface area is 189 Å². The average Bonchev–Trinajstić information content (AvgIpc) is 2.82. The molecule has 0 saturated heterocycles. The minimum absolute atomic E-state index is 0.00126. The van der Waals surface area contributed by atoms with E-state index in [1.165, 1.54) is 39.3 Å². The maximum Gasteiger partial charge on any atom is 0.274 e. The lowest BCUT2D eigenvalue weighted by Gasteiger charge is -2.20. The van der Waals surface area contributed by atoms with Crippen molar-refractivity contribution in [2.45, 2.75) is 13.5 Å². The standard InChI is InChI=1S/C21H22FN5O5S/c1-4-33(31,32)27(3)19-14-6-5-9-24-16(14)18(28)17(26-19)21(30)25-11-12-7-8-13(22)10-15(12)20(29)23-2/h5-10,28H,4,11H2,1-3H3,(H,23,29)(H,25,30). The fourth-order valence-corrected chi connectivity index (χ4v) is 3.93. The van der Waals surface area contributed by atoms with Crippen LogP contribution >= 0.6 is 0 Å². The van der Waals surface area contributed by atoms with Crippen molar-refractivity contribution in [3.05, 3.63) is 59.2 Å². The van der Waals surface area contributed by atoms with Gasteiger partial charge >= 0.3 is 0 Å². The van der Waals surface area contributed by atoms with Gasteiger partial charge in [-0.2, -0.15) is 0 Å². The molecule has 0 atom stereocenters. The zero-order chi connectivity index (χ0) is 24.3. The molecule has 33 heavy (non-hydrogen) atoms. The Bertz CT molecular complexity index is 1350. The third-order valence-electron chi connectivity index (χ3n) is 4.99. The summed E-state index contributed by atoms with van der Waals surface area (Å²) in [5.74, 6) is -2.80. The van der Waals surface area contributed by atoms with E-state index in [0.717, 1.165) is 16.4 Å². The predicted octanol–water partition coefficient (Wildman–Crippen LogP) is 1.55. The number of hydrogen-bond acceptors (Lipinski definition) is 7. The molecular formula is C21H22FN5O5S. The van der Waals surface area contributed by atoms with E-state index in [9.17, 15) is 27.5 Å². The maximum absolute atomic E-state index is 13.6. The first-order valence-electron chi connectivity index (χ1n) is 9.83. The molecule has 0 saturated carbocycles. The first kappa shape index (κ1) is 23.9. The van der Waals surface area contributed by atoms with Crippen molar-refractivity contribution < 1.29 is 27.5 Å². The van der Waals surface area contributed by atoms with Gasteiger partial charge in [0, 0.05) is 37.8 Å². The number of aromatic nitrogens is 2. The largest absolute Gasteiger partial charge is 0.504 e. The number of hydrogen-bond donors (Lipinski definition) is 3. The Hall–Kier alpha value is -3.80. The summed E-state index contributed by atoms with van der Waals surface area (Å²) in [6.07, 6.45) is 1.38. The summed E-state index contributed by atoms with van der Waals surface area (Å²) in [6.45, 7) is 1.29. The van der Waals surface area contributed by atoms with Crippen LogP contribution in [0, 0.1) is 5.82 Å². The summed E-state index contributed by atoms with van der Waals surface area (Å²) in [4.78, 5) is 33.1. The molecule has 2 aromatic heterocycles. The summed E-state index contributed by atoms with van der Waals surface area (Å²) in [5.41, 5.74) is -0.0883. The van der Waals surface area contributed by atoms with E-state index < -0.39 is 39.1 Å². The van der Waals surface area contributed by atoms with Crippen molar-refractivity contribution in [2.24, 2.45) is 0 Å². The summed E-state index contributed by atoms with van der Waals surface area (Å²) < 4.78 is 39.3. The Morgan fingerprint density at radius 1 is 1.21 bits per heavy atom. The monoisotopic (exact) mass is 475 g/mol. The van der Waals surface area contributed by atoms with Crippen LogP contribution in [0.25, 0.3) is 10.9 Å². The number of carbonyl (C=O) groups is 2. The number of anilines is 1. The molecule has 0 unspecified atom stereocenters. The van der Waals surface area contributed by atoms with E-state index in [1.54, 1.807) is 6.07 Å². The Morgan fingerprint density at radius 2 is 1.94 bits per heavy atom. The van der Waals surface area contributed by atoms with Gasteiger partial charge in [0.2, 0.25) is 10.0 Å². The van der Waals surface area contributed by atoms with Crippen LogP contribution in [0.1, 0.15) is 33.3 Å². The van der Waals surface area contributed by atoms with Gasteiger partial charge in [0.15, 0.2) is 17.3 Å². The average molecular weight is 476 g/mol. The molecule has 0 radical (unpaired) electrons. The fraction of sp³-hybridized carbons (Fsp3) is 0.238. The number of nitrogens with zero attached hydrogens (tertiary/aromatic N) is 3. The van der Waals surface area contributed by atoms with Crippen LogP contribution in [0.5, 0.6) is 5.75 Å². The minimum Gasteiger partial charge on any atom is -0.504 e. The van der Waals surface area contributed by atoms with Gasteiger partial charge in [-0.05, 0) is 36.8 Å². The lowest BCUT2D eigenvalue weighted by atomic mass is 10.1. The van der Waals surface area contributed by atoms with Crippen molar-refractivity contribution in [2.75, 3.05) is 24.2 Å². The molecule has 3 rings (SSSR count). The van der Waals surface area contributed by atoms with Crippen molar-refractivity contribution in [3.63, 3.8) is 0 Å². The number of aromatic hydroxyl groups is 1. The van der Waals surface area contributed by atoms with Crippen LogP contribution in [0.2, 0.25) is 0 Å². The molecule has 0 spiro atoms. The Balaban J connectivity index is 2.02. The first-order valence-corrected chi connectivity index (χ1v) is 11.4. The maximum atomic E-state index is 13.6. The number of carbonyl (C=O) groups excluding carboxylic acids is 2. The Kier molecular flexibility index (Phi) is 6.77. The van der Waals surface area contributed by atoms with Gasteiger partial charge < -0.3 is 15.7 Å². The molecule has 0 aliphatic carbocycles. The van der Waals surface area contributed by atoms with Crippen molar-refractivity contribution in [1.29, 1.82) is 0 Å². The van der Waals surface area contributed by atoms with Gasteiger partial charge in [-0.15, -0.1) is 0 Å². The molecular weight excluding hydrogens is 453 g/mol. The van der Waals surface area contributed by atoms with E-state index >= 15 is 0 Å². The Morgan fingerprint density at radius 3 is 2.61 bits per heavy atom. The number of rotatable bonds is 7. The first-order chi connectivity index (χ1) is 15.6. The third-order valence-corrected chi connectivity index (χ3v) is 6.73. The second-order valence-corrected chi connectivity index (χ2v) is 9.25. The molecule has 174 valence electrons. The second-order valence-electron chi connectivity index (χ2n) is 6.96. The van der Waals surface area contributed by atoms with E-state index in [0.29, 0.717) is 5.56 Å². The summed E-state index contributed by atoms with van der Waals surface area (Å²) >= 11 is 0. The summed E-state index contributed by atoms with van der Waals surface area (Å²) in [6, 6.07) is 6.61. The normalized spacial score (nSPS) is 11.3. The highest BCUT2D eigenvalue weighted by Crippen LogP contribution is 2.33. The van der Waals surface area contributed by atoms with E-state index in [4.69, 9.17) is 0 Å². The molecule has 12 heteroatoms. The van der Waals surface area contributed by atoms with Gasteiger partial charge in [-0.1, -0.05) is 6.07 Å². The van der Waals surface area contributed by atoms with Crippen molar-refractivity contribution in [1.82, 2.24) is 20.6 Å². The van der Waals surface area contributed by atoms with Crippen LogP contribution in [0.15, 0.2) is 36.5 Å². The number of sulfonamides is 1. The van der Waals surface area contributed by atoms with Gasteiger partial charge in [-0.25, -0.2) is 17.8 Å². The highest BCUT2D eigenvalue weighted by atomic mass is 32.2. The van der Waals surface area contributed by atoms with Gasteiger partial charge in [0.05, 0.1) is 5.75 Å². The lowest BCUT2D eigenvalue weighted by Crippen LogP contribution is -2.31. The van der Waals surface area contributed by atoms with Gasteiger partial charge in [0.25, 0.3) is 11.8 Å². The number of nitrogens with one attached hydrogen (secondary N) is 2. The fourth-order valence-electron chi connectivity index (χ4n) is 3.14. The molecule has 3 aromatic rings. The molecule has 0 bridgehead atoms. The molecule has 3 N–H and O–H groups in total. The third kappa shape index (κ3) is 4.70. The summed E-state index contributed by atoms with van der Waals surface area (Å²) in [5, 5.41) is 15.8. The predicted molar refractivity (Wildman–Crippen MR) is 120 cm³/mol. The van der Waals surface area contributed by atoms with E-state index in [-0.39, 0.29) is 34.6 Å². The van der Waals surface area contributed by atoms with E-state index in [2.05, 4.69) is 20.6 Å². The molecule has 0 aliphatic rings.